The van der Waals surface area contributed by atoms with E-state index in [-0.39, 0.29) is 18.3 Å². The van der Waals surface area contributed by atoms with E-state index in [1.54, 1.807) is 19.2 Å². The maximum absolute atomic E-state index is 13.7. The predicted molar refractivity (Wildman–Crippen MR) is 76.9 cm³/mol. The van der Waals surface area contributed by atoms with Crippen molar-refractivity contribution in [2.45, 2.75) is 18.9 Å². The molecule has 0 spiro atoms. The fourth-order valence-corrected chi connectivity index (χ4v) is 2.19. The van der Waals surface area contributed by atoms with E-state index in [1.807, 2.05) is 7.05 Å². The van der Waals surface area contributed by atoms with Crippen LogP contribution in [-0.4, -0.2) is 36.9 Å². The third-order valence-corrected chi connectivity index (χ3v) is 3.46. The van der Waals surface area contributed by atoms with Crippen molar-refractivity contribution in [3.63, 3.8) is 0 Å². The van der Waals surface area contributed by atoms with Gasteiger partial charge >= 0.3 is 0 Å². The highest BCUT2D eigenvalue weighted by Gasteiger charge is 2.15. The molecule has 0 fully saturated rings. The first kappa shape index (κ1) is 15.9. The summed E-state index contributed by atoms with van der Waals surface area (Å²) in [6.45, 7) is 0.535. The molecule has 0 aliphatic rings. The number of nitrogens with zero attached hydrogens (tertiary/aromatic N) is 2. The average molecular weight is 314 g/mol. The molecule has 0 saturated carbocycles. The van der Waals surface area contributed by atoms with Gasteiger partial charge in [-0.3, -0.25) is 0 Å². The summed E-state index contributed by atoms with van der Waals surface area (Å²) in [4.78, 5) is 4.26. The number of hydrogen-bond acceptors (Lipinski definition) is 5. The van der Waals surface area contributed by atoms with Crippen LogP contribution in [0.1, 0.15) is 17.3 Å². The first-order valence-corrected chi connectivity index (χ1v) is 6.92. The van der Waals surface area contributed by atoms with Crippen LogP contribution in [0.4, 0.5) is 4.39 Å². The van der Waals surface area contributed by atoms with Gasteiger partial charge in [-0.2, -0.15) is 4.98 Å². The van der Waals surface area contributed by atoms with Crippen molar-refractivity contribution >= 4 is 11.6 Å². The normalized spacial score (nSPS) is 12.6. The van der Waals surface area contributed by atoms with Gasteiger partial charge in [-0.25, -0.2) is 4.39 Å². The summed E-state index contributed by atoms with van der Waals surface area (Å²) in [5, 5.41) is 7.31. The maximum atomic E-state index is 13.7. The van der Waals surface area contributed by atoms with Crippen LogP contribution in [0.3, 0.4) is 0 Å². The summed E-state index contributed by atoms with van der Waals surface area (Å²) in [5.41, 5.74) is 0.369. The molecule has 1 heterocycles. The van der Waals surface area contributed by atoms with Gasteiger partial charge in [-0.05, 0) is 19.2 Å². The number of methoxy groups -OCH3 is 1. The monoisotopic (exact) mass is 313 g/mol. The van der Waals surface area contributed by atoms with Gasteiger partial charge in [0.25, 0.3) is 0 Å². The molecular weight excluding hydrogens is 297 g/mol. The van der Waals surface area contributed by atoms with E-state index in [1.165, 1.54) is 6.07 Å². The topological polar surface area (TPSA) is 60.2 Å². The van der Waals surface area contributed by atoms with Gasteiger partial charge in [0, 0.05) is 36.6 Å². The second-order valence-corrected chi connectivity index (χ2v) is 5.03. The van der Waals surface area contributed by atoms with Gasteiger partial charge in [0.2, 0.25) is 5.89 Å². The molecule has 0 radical (unpaired) electrons. The minimum absolute atomic E-state index is 0.0837. The molecule has 5 nitrogen and oxygen atoms in total. The molecule has 1 aromatic carbocycles. The van der Waals surface area contributed by atoms with E-state index < -0.39 is 0 Å². The van der Waals surface area contributed by atoms with Crippen molar-refractivity contribution in [1.82, 2.24) is 15.5 Å². The summed E-state index contributed by atoms with van der Waals surface area (Å²) >= 11 is 5.98. The van der Waals surface area contributed by atoms with Crippen LogP contribution in [-0.2, 0) is 17.6 Å². The van der Waals surface area contributed by atoms with Crippen LogP contribution < -0.4 is 5.32 Å². The molecular formula is C14H17ClFN3O2. The quantitative estimate of drug-likeness (QED) is 0.849. The second kappa shape index (κ2) is 7.49. The van der Waals surface area contributed by atoms with Crippen molar-refractivity contribution in [3.05, 3.63) is 46.3 Å². The van der Waals surface area contributed by atoms with Gasteiger partial charge in [-0.15, -0.1) is 0 Å². The minimum atomic E-state index is -0.374. The molecule has 1 aromatic heterocycles. The van der Waals surface area contributed by atoms with Gasteiger partial charge in [0.05, 0.1) is 6.61 Å². The van der Waals surface area contributed by atoms with Crippen LogP contribution in [0, 0.1) is 5.82 Å². The Balaban J connectivity index is 2.06. The van der Waals surface area contributed by atoms with Gasteiger partial charge in [0.15, 0.2) is 5.82 Å². The van der Waals surface area contributed by atoms with Crippen LogP contribution in [0.25, 0.3) is 0 Å². The smallest absolute Gasteiger partial charge is 0.228 e. The van der Waals surface area contributed by atoms with Crippen LogP contribution >= 0.6 is 11.6 Å². The molecule has 21 heavy (non-hydrogen) atoms. The van der Waals surface area contributed by atoms with Crippen molar-refractivity contribution in [2.75, 3.05) is 20.8 Å². The van der Waals surface area contributed by atoms with Crippen LogP contribution in [0.5, 0.6) is 0 Å². The molecule has 7 heteroatoms. The molecule has 2 rings (SSSR count). The lowest BCUT2D eigenvalue weighted by Crippen LogP contribution is -2.32. The highest BCUT2D eigenvalue weighted by molar-refractivity contribution is 6.31. The highest BCUT2D eigenvalue weighted by Crippen LogP contribution is 2.21. The second-order valence-electron chi connectivity index (χ2n) is 4.63. The molecule has 1 atom stereocenters. The Morgan fingerprint density at radius 2 is 2.29 bits per heavy atom. The van der Waals surface area contributed by atoms with E-state index >= 15 is 0 Å². The molecule has 1 unspecified atom stereocenters. The number of benzene rings is 1. The maximum Gasteiger partial charge on any atom is 0.228 e. The number of hydrogen-bond donors (Lipinski definition) is 1. The predicted octanol–water partition coefficient (Wildman–Crippen LogP) is 2.23. The van der Waals surface area contributed by atoms with Crippen molar-refractivity contribution in [1.29, 1.82) is 0 Å². The summed E-state index contributed by atoms with van der Waals surface area (Å²) < 4.78 is 24.0. The standard InChI is InChI=1S/C14H17ClFN3O2/c1-17-9(8-20-2)6-14-18-13(19-21-14)7-10-11(15)4-3-5-12(10)16/h3-5,9,17H,6-8H2,1-2H3. The molecule has 0 aliphatic carbocycles. The zero-order valence-corrected chi connectivity index (χ0v) is 12.7. The molecule has 1 N–H and O–H groups in total. The lowest BCUT2D eigenvalue weighted by atomic mass is 10.1. The Hall–Kier alpha value is -1.50. The SMILES string of the molecule is CNC(COC)Cc1nc(Cc2c(F)cccc2Cl)no1. The summed E-state index contributed by atoms with van der Waals surface area (Å²) in [6, 6.07) is 4.64. The van der Waals surface area contributed by atoms with E-state index in [9.17, 15) is 4.39 Å². The Morgan fingerprint density at radius 3 is 2.95 bits per heavy atom. The first-order valence-electron chi connectivity index (χ1n) is 6.54. The fraction of sp³-hybridized carbons (Fsp3) is 0.429. The van der Waals surface area contributed by atoms with Crippen molar-refractivity contribution in [3.8, 4) is 0 Å². The Kier molecular flexibility index (Phi) is 5.67. The van der Waals surface area contributed by atoms with Gasteiger partial charge in [0.1, 0.15) is 5.82 Å². The van der Waals surface area contributed by atoms with Gasteiger partial charge < -0.3 is 14.6 Å². The Morgan fingerprint density at radius 1 is 1.48 bits per heavy atom. The molecule has 114 valence electrons. The number of aromatic nitrogens is 2. The van der Waals surface area contributed by atoms with Crippen molar-refractivity contribution < 1.29 is 13.7 Å². The van der Waals surface area contributed by atoms with E-state index in [4.69, 9.17) is 20.9 Å². The molecule has 0 bridgehead atoms. The summed E-state index contributed by atoms with van der Waals surface area (Å²) in [7, 11) is 3.46. The highest BCUT2D eigenvalue weighted by atomic mass is 35.5. The lowest BCUT2D eigenvalue weighted by Gasteiger charge is -2.11. The number of likely N-dealkylation sites (N-methyl/N-ethyl adjacent to an activating group) is 1. The first-order chi connectivity index (χ1) is 10.1. The fourth-order valence-electron chi connectivity index (χ4n) is 1.96. The average Bonchev–Trinajstić information content (AvgIpc) is 2.90. The number of rotatable bonds is 7. The molecule has 0 amide bonds. The largest absolute Gasteiger partial charge is 0.383 e. The van der Waals surface area contributed by atoms with Gasteiger partial charge in [-0.1, -0.05) is 22.8 Å². The minimum Gasteiger partial charge on any atom is -0.383 e. The summed E-state index contributed by atoms with van der Waals surface area (Å²) in [6.07, 6.45) is 0.742. The lowest BCUT2D eigenvalue weighted by molar-refractivity contribution is 0.165. The molecule has 0 saturated heterocycles. The Labute approximate surface area is 127 Å². The Bertz CT molecular complexity index is 571. The van der Waals surface area contributed by atoms with E-state index in [0.717, 1.165) is 0 Å². The van der Waals surface area contributed by atoms with Crippen LogP contribution in [0.2, 0.25) is 5.02 Å². The zero-order valence-electron chi connectivity index (χ0n) is 11.9. The van der Waals surface area contributed by atoms with Crippen LogP contribution in [0.15, 0.2) is 22.7 Å². The van der Waals surface area contributed by atoms with E-state index in [0.29, 0.717) is 35.3 Å². The summed E-state index contributed by atoms with van der Waals surface area (Å²) in [5.74, 6) is 0.513. The third-order valence-electron chi connectivity index (χ3n) is 3.10. The number of ether oxygens (including phenoxy) is 1. The van der Waals surface area contributed by atoms with Crippen molar-refractivity contribution in [2.24, 2.45) is 0 Å². The third kappa shape index (κ3) is 4.23. The number of nitrogens with one attached hydrogen (secondary N) is 1. The molecule has 0 aliphatic heterocycles. The molecule has 2 aromatic rings. The zero-order chi connectivity index (χ0) is 15.2. The van der Waals surface area contributed by atoms with E-state index in [2.05, 4.69) is 15.5 Å². The number of halogens is 2.